The van der Waals surface area contributed by atoms with Crippen LogP contribution >= 0.6 is 11.3 Å². The summed E-state index contributed by atoms with van der Waals surface area (Å²) in [6.07, 6.45) is -0.0738. The fraction of sp³-hybridized carbons (Fsp3) is 0.538. The number of methoxy groups -OCH3 is 1. The van der Waals surface area contributed by atoms with Gasteiger partial charge in [-0.15, -0.1) is 11.3 Å². The Bertz CT molecular complexity index is 473. The van der Waals surface area contributed by atoms with Crippen LogP contribution in [0.2, 0.25) is 0 Å². The minimum absolute atomic E-state index is 0.0738. The first-order valence-corrected chi connectivity index (χ1v) is 7.20. The van der Waals surface area contributed by atoms with Crippen LogP contribution in [0, 0.1) is 6.92 Å². The summed E-state index contributed by atoms with van der Waals surface area (Å²) in [6.45, 7) is 6.08. The van der Waals surface area contributed by atoms with Gasteiger partial charge >= 0.3 is 12.0 Å². The number of rotatable bonds is 6. The summed E-state index contributed by atoms with van der Waals surface area (Å²) in [5, 5.41) is 7.63. The standard InChI is InChI=1S/C13H20N2O4S/c1-5-19-12(16)10-8(2)7-20-11(10)15-13(17)14-6-9(3)18-4/h7,9H,5-6H2,1-4H3,(H2,14,15,17). The lowest BCUT2D eigenvalue weighted by Gasteiger charge is -2.12. The second-order valence-corrected chi connectivity index (χ2v) is 5.10. The molecule has 0 spiro atoms. The van der Waals surface area contributed by atoms with E-state index in [1.54, 1.807) is 26.3 Å². The summed E-state index contributed by atoms with van der Waals surface area (Å²) >= 11 is 1.29. The number of hydrogen-bond acceptors (Lipinski definition) is 5. The van der Waals surface area contributed by atoms with E-state index >= 15 is 0 Å². The molecule has 112 valence electrons. The lowest BCUT2D eigenvalue weighted by Crippen LogP contribution is -2.35. The molecule has 0 aliphatic carbocycles. The molecule has 0 saturated heterocycles. The Kier molecular flexibility index (Phi) is 6.47. The Morgan fingerprint density at radius 2 is 2.15 bits per heavy atom. The van der Waals surface area contributed by atoms with Crippen molar-refractivity contribution in [2.24, 2.45) is 0 Å². The Balaban J connectivity index is 2.68. The summed E-state index contributed by atoms with van der Waals surface area (Å²) in [6, 6.07) is -0.374. The van der Waals surface area contributed by atoms with Crippen molar-refractivity contribution in [2.45, 2.75) is 26.9 Å². The van der Waals surface area contributed by atoms with Crippen LogP contribution in [-0.4, -0.2) is 38.4 Å². The molecule has 0 bridgehead atoms. The van der Waals surface area contributed by atoms with Crippen molar-refractivity contribution in [1.82, 2.24) is 5.32 Å². The molecule has 6 nitrogen and oxygen atoms in total. The Morgan fingerprint density at radius 1 is 1.45 bits per heavy atom. The zero-order chi connectivity index (χ0) is 15.1. The minimum Gasteiger partial charge on any atom is -0.462 e. The fourth-order valence-corrected chi connectivity index (χ4v) is 2.39. The molecular weight excluding hydrogens is 280 g/mol. The number of hydrogen-bond donors (Lipinski definition) is 2. The quantitative estimate of drug-likeness (QED) is 0.791. The van der Waals surface area contributed by atoms with Crippen molar-refractivity contribution in [1.29, 1.82) is 0 Å². The van der Waals surface area contributed by atoms with Gasteiger partial charge in [0.15, 0.2) is 0 Å². The smallest absolute Gasteiger partial charge is 0.341 e. The monoisotopic (exact) mass is 300 g/mol. The summed E-state index contributed by atoms with van der Waals surface area (Å²) in [5.41, 5.74) is 1.20. The number of esters is 1. The second-order valence-electron chi connectivity index (χ2n) is 4.22. The van der Waals surface area contributed by atoms with Crippen molar-refractivity contribution in [2.75, 3.05) is 25.6 Å². The van der Waals surface area contributed by atoms with E-state index in [1.807, 2.05) is 6.92 Å². The highest BCUT2D eigenvalue weighted by Gasteiger charge is 2.19. The molecule has 1 aromatic heterocycles. The van der Waals surface area contributed by atoms with Crippen molar-refractivity contribution < 1.29 is 19.1 Å². The maximum absolute atomic E-state index is 11.8. The third-order valence-corrected chi connectivity index (χ3v) is 3.65. The topological polar surface area (TPSA) is 76.7 Å². The third-order valence-electron chi connectivity index (χ3n) is 2.63. The minimum atomic E-state index is -0.424. The van der Waals surface area contributed by atoms with E-state index in [0.29, 0.717) is 23.7 Å². The molecule has 1 heterocycles. The van der Waals surface area contributed by atoms with Gasteiger partial charge in [0.2, 0.25) is 0 Å². The van der Waals surface area contributed by atoms with Gasteiger partial charge in [-0.05, 0) is 31.7 Å². The van der Waals surface area contributed by atoms with Crippen molar-refractivity contribution in [3.8, 4) is 0 Å². The van der Waals surface area contributed by atoms with Gasteiger partial charge in [0.25, 0.3) is 0 Å². The lowest BCUT2D eigenvalue weighted by atomic mass is 10.2. The molecule has 20 heavy (non-hydrogen) atoms. The van der Waals surface area contributed by atoms with Crippen LogP contribution < -0.4 is 10.6 Å². The van der Waals surface area contributed by atoms with Gasteiger partial charge in [0, 0.05) is 13.7 Å². The highest BCUT2D eigenvalue weighted by molar-refractivity contribution is 7.15. The number of carbonyl (C=O) groups is 2. The molecule has 0 aliphatic heterocycles. The number of anilines is 1. The van der Waals surface area contributed by atoms with Gasteiger partial charge in [0.05, 0.1) is 18.3 Å². The maximum atomic E-state index is 11.8. The van der Waals surface area contributed by atoms with Gasteiger partial charge in [-0.25, -0.2) is 9.59 Å². The molecule has 0 fully saturated rings. The van der Waals surface area contributed by atoms with E-state index in [0.717, 1.165) is 5.56 Å². The first-order valence-electron chi connectivity index (χ1n) is 6.32. The van der Waals surface area contributed by atoms with Crippen molar-refractivity contribution >= 4 is 28.3 Å². The molecule has 0 radical (unpaired) electrons. The van der Waals surface area contributed by atoms with Crippen LogP contribution in [0.5, 0.6) is 0 Å². The van der Waals surface area contributed by atoms with Gasteiger partial charge in [-0.1, -0.05) is 0 Å². The van der Waals surface area contributed by atoms with Crippen LogP contribution in [0.1, 0.15) is 29.8 Å². The largest absolute Gasteiger partial charge is 0.462 e. The lowest BCUT2D eigenvalue weighted by molar-refractivity contribution is 0.0527. The van der Waals surface area contributed by atoms with Crippen molar-refractivity contribution in [3.05, 3.63) is 16.5 Å². The molecule has 1 aromatic rings. The average molecular weight is 300 g/mol. The highest BCUT2D eigenvalue weighted by atomic mass is 32.1. The van der Waals surface area contributed by atoms with Gasteiger partial charge < -0.3 is 14.8 Å². The molecule has 0 saturated carbocycles. The average Bonchev–Trinajstić information content (AvgIpc) is 2.77. The van der Waals surface area contributed by atoms with Crippen LogP contribution in [-0.2, 0) is 9.47 Å². The van der Waals surface area contributed by atoms with Gasteiger partial charge in [-0.3, -0.25) is 5.32 Å². The van der Waals surface area contributed by atoms with E-state index in [2.05, 4.69) is 10.6 Å². The molecule has 0 aliphatic rings. The van der Waals surface area contributed by atoms with Crippen LogP contribution in [0.4, 0.5) is 9.80 Å². The van der Waals surface area contributed by atoms with E-state index in [-0.39, 0.29) is 12.1 Å². The fourth-order valence-electron chi connectivity index (χ4n) is 1.46. The molecule has 2 amide bonds. The van der Waals surface area contributed by atoms with Gasteiger partial charge in [-0.2, -0.15) is 0 Å². The number of aryl methyl sites for hydroxylation is 1. The predicted molar refractivity (Wildman–Crippen MR) is 78.5 cm³/mol. The number of amides is 2. The zero-order valence-electron chi connectivity index (χ0n) is 12.1. The Labute approximate surface area is 122 Å². The summed E-state index contributed by atoms with van der Waals surface area (Å²) < 4.78 is 10.0. The van der Waals surface area contributed by atoms with Crippen LogP contribution in [0.25, 0.3) is 0 Å². The molecule has 1 rings (SSSR count). The number of carbonyl (C=O) groups excluding carboxylic acids is 2. The molecule has 7 heteroatoms. The predicted octanol–water partition coefficient (Wildman–Crippen LogP) is 2.39. The molecular formula is C13H20N2O4S. The zero-order valence-corrected chi connectivity index (χ0v) is 12.9. The molecule has 1 atom stereocenters. The van der Waals surface area contributed by atoms with Crippen LogP contribution in [0.15, 0.2) is 5.38 Å². The Hall–Kier alpha value is -1.60. The van der Waals surface area contributed by atoms with Crippen molar-refractivity contribution in [3.63, 3.8) is 0 Å². The first-order chi connectivity index (χ1) is 9.49. The van der Waals surface area contributed by atoms with E-state index in [1.165, 1.54) is 11.3 Å². The second kappa shape index (κ2) is 7.86. The summed E-state index contributed by atoms with van der Waals surface area (Å²) in [5.74, 6) is -0.424. The number of nitrogens with one attached hydrogen (secondary N) is 2. The van der Waals surface area contributed by atoms with Gasteiger partial charge in [0.1, 0.15) is 5.00 Å². The van der Waals surface area contributed by atoms with E-state index < -0.39 is 5.97 Å². The third kappa shape index (κ3) is 4.50. The van der Waals surface area contributed by atoms with E-state index in [4.69, 9.17) is 9.47 Å². The normalized spacial score (nSPS) is 11.8. The van der Waals surface area contributed by atoms with E-state index in [9.17, 15) is 9.59 Å². The number of urea groups is 1. The highest BCUT2D eigenvalue weighted by Crippen LogP contribution is 2.28. The first kappa shape index (κ1) is 16.5. The number of thiophene rings is 1. The summed E-state index contributed by atoms with van der Waals surface area (Å²) in [4.78, 5) is 23.6. The Morgan fingerprint density at radius 3 is 2.75 bits per heavy atom. The SMILES string of the molecule is CCOC(=O)c1c(C)csc1NC(=O)NCC(C)OC. The molecule has 2 N–H and O–H groups in total. The maximum Gasteiger partial charge on any atom is 0.341 e. The summed E-state index contributed by atoms with van der Waals surface area (Å²) in [7, 11) is 1.58. The van der Waals surface area contributed by atoms with Crippen LogP contribution in [0.3, 0.4) is 0 Å². The number of ether oxygens (including phenoxy) is 2. The molecule has 1 unspecified atom stereocenters. The molecule has 0 aromatic carbocycles.